The number of allylic oxidation sites excluding steroid dienone is 14. The highest BCUT2D eigenvalue weighted by molar-refractivity contribution is 5.76. The second-order valence-corrected chi connectivity index (χ2v) is 26.4. The normalized spacial score (nSPS) is 27.7. The van der Waals surface area contributed by atoms with E-state index >= 15 is 0 Å². The molecular weight excluding hydrogens is 1210 g/mol. The molecule has 3 saturated heterocycles. The molecule has 0 aromatic carbocycles. The summed E-state index contributed by atoms with van der Waals surface area (Å²) in [5.41, 5.74) is 0. The Morgan fingerprint density at radius 1 is 0.389 bits per heavy atom. The zero-order valence-electron chi connectivity index (χ0n) is 58.4. The summed E-state index contributed by atoms with van der Waals surface area (Å²) in [6.45, 7) is 1.69. The number of hydrogen-bond donors (Lipinski definition) is 12. The molecule has 3 heterocycles. The van der Waals surface area contributed by atoms with E-state index in [1.54, 1.807) is 0 Å². The highest BCUT2D eigenvalue weighted by atomic mass is 16.8. The van der Waals surface area contributed by atoms with E-state index in [9.17, 15) is 61.0 Å². The number of carbonyl (C=O) groups excluding carboxylic acids is 1. The summed E-state index contributed by atoms with van der Waals surface area (Å²) in [5.74, 6) is -0.248. The Morgan fingerprint density at radius 2 is 0.726 bits per heavy atom. The Morgan fingerprint density at radius 3 is 1.14 bits per heavy atom. The third kappa shape index (κ3) is 37.8. The summed E-state index contributed by atoms with van der Waals surface area (Å²) in [4.78, 5) is 13.5. The van der Waals surface area contributed by atoms with Crippen LogP contribution in [0, 0.1) is 0 Å². The van der Waals surface area contributed by atoms with Crippen molar-refractivity contribution in [3.8, 4) is 0 Å². The van der Waals surface area contributed by atoms with Crippen molar-refractivity contribution in [1.29, 1.82) is 0 Å². The van der Waals surface area contributed by atoms with Crippen LogP contribution in [0.25, 0.3) is 0 Å². The second-order valence-electron chi connectivity index (χ2n) is 26.4. The molecule has 0 aromatic heterocycles. The van der Waals surface area contributed by atoms with Crippen molar-refractivity contribution in [2.24, 2.45) is 0 Å². The Labute approximate surface area is 571 Å². The van der Waals surface area contributed by atoms with Gasteiger partial charge in [-0.05, 0) is 70.6 Å². The van der Waals surface area contributed by atoms with Gasteiger partial charge in [0, 0.05) is 6.42 Å². The summed E-state index contributed by atoms with van der Waals surface area (Å²) < 4.78 is 34.5. The van der Waals surface area contributed by atoms with Crippen molar-refractivity contribution in [3.05, 3.63) is 85.1 Å². The van der Waals surface area contributed by atoms with E-state index in [1.807, 2.05) is 0 Å². The van der Waals surface area contributed by atoms with Crippen LogP contribution in [0.15, 0.2) is 85.1 Å². The van der Waals surface area contributed by atoms with Crippen LogP contribution in [0.4, 0.5) is 0 Å². The first kappa shape index (κ1) is 86.2. The maximum atomic E-state index is 13.5. The van der Waals surface area contributed by atoms with Gasteiger partial charge in [-0.3, -0.25) is 4.79 Å². The van der Waals surface area contributed by atoms with Gasteiger partial charge < -0.3 is 89.9 Å². The Hall–Kier alpha value is -3.03. The average molecular weight is 1350 g/mol. The van der Waals surface area contributed by atoms with Crippen molar-refractivity contribution in [1.82, 2.24) is 5.32 Å². The number of rotatable bonds is 57. The molecule has 3 rings (SSSR count). The smallest absolute Gasteiger partial charge is 0.220 e. The van der Waals surface area contributed by atoms with E-state index in [0.717, 1.165) is 96.3 Å². The Balaban J connectivity index is 1.37. The quantitative estimate of drug-likeness (QED) is 0.0199. The lowest BCUT2D eigenvalue weighted by Crippen LogP contribution is -2.66. The molecule has 0 spiro atoms. The Kier molecular flexibility index (Phi) is 51.4. The van der Waals surface area contributed by atoms with Crippen LogP contribution in [-0.4, -0.2) is 193 Å². The molecule has 3 aliphatic heterocycles. The van der Waals surface area contributed by atoms with Crippen LogP contribution < -0.4 is 5.32 Å². The molecule has 0 saturated carbocycles. The van der Waals surface area contributed by atoms with Gasteiger partial charge in [0.25, 0.3) is 0 Å². The van der Waals surface area contributed by atoms with Crippen LogP contribution in [0.3, 0.4) is 0 Å². The SMILES string of the molecule is CC/C=C\C/C=C\C/C=C\C/C=C\C/C=C\C/C=C\C/C=C\CCCCCCCCCCCCCC(=O)NC(COC1OC(CO)C(OC2OC(CO)C(OC3OC(CO)C(O)C(O)C3O)C(O)C2O)C(O)C1O)C(O)CCCCCCCCCCCCCCCCCCC. The van der Waals surface area contributed by atoms with Crippen molar-refractivity contribution in [3.63, 3.8) is 0 Å². The molecule has 95 heavy (non-hydrogen) atoms. The number of aliphatic hydroxyl groups is 11. The first-order valence-corrected chi connectivity index (χ1v) is 37.3. The molecule has 19 heteroatoms. The van der Waals surface area contributed by atoms with Gasteiger partial charge in [-0.2, -0.15) is 0 Å². The van der Waals surface area contributed by atoms with Gasteiger partial charge in [-0.15, -0.1) is 0 Å². The van der Waals surface area contributed by atoms with Crippen LogP contribution >= 0.6 is 0 Å². The number of unbranched alkanes of at least 4 members (excludes halogenated alkanes) is 27. The highest BCUT2D eigenvalue weighted by Crippen LogP contribution is 2.33. The van der Waals surface area contributed by atoms with E-state index in [2.05, 4.69) is 104 Å². The van der Waals surface area contributed by atoms with Crippen LogP contribution in [0.2, 0.25) is 0 Å². The van der Waals surface area contributed by atoms with E-state index in [-0.39, 0.29) is 18.9 Å². The Bertz CT molecular complexity index is 2050. The van der Waals surface area contributed by atoms with Crippen LogP contribution in [0.5, 0.6) is 0 Å². The fraction of sp³-hybridized carbons (Fsp3) is 0.803. The molecule has 19 nitrogen and oxygen atoms in total. The van der Waals surface area contributed by atoms with Crippen molar-refractivity contribution in [2.75, 3.05) is 26.4 Å². The molecular formula is C76H133NO18. The molecule has 1 amide bonds. The maximum Gasteiger partial charge on any atom is 0.220 e. The standard InChI is InChI=1S/C76H133NO18/c1-3-5-7-9-11-13-15-17-19-21-22-23-24-25-26-27-28-29-30-31-32-33-34-35-36-38-40-42-44-46-48-50-52-54-64(82)77-59(60(81)53-51-49-47-45-43-41-39-37-20-18-16-14-12-10-8-6-4-2)58-90-74-70(88)67(85)72(62(56-79)92-74)95-76-71(89)68(86)73(63(57-80)93-76)94-75-69(87)66(84)65(83)61(55-78)91-75/h5,7,11,13,17,19,22-23,25-26,28-29,31-32,59-63,65-76,78-81,83-89H,3-4,6,8-10,12,14-16,18,20-21,24,27,30,33-58H2,1-2H3,(H,77,82)/b7-5-,13-11-,19-17-,23-22-,26-25-,29-28-,32-31-. The van der Waals surface area contributed by atoms with E-state index in [1.165, 1.54) is 128 Å². The van der Waals surface area contributed by atoms with Crippen molar-refractivity contribution in [2.45, 2.75) is 362 Å². The van der Waals surface area contributed by atoms with E-state index < -0.39 is 124 Å². The number of ether oxygens (including phenoxy) is 6. The van der Waals surface area contributed by atoms with Gasteiger partial charge in [0.05, 0.1) is 38.6 Å². The highest BCUT2D eigenvalue weighted by Gasteiger charge is 2.53. The molecule has 3 aliphatic rings. The van der Waals surface area contributed by atoms with Gasteiger partial charge in [0.2, 0.25) is 5.91 Å². The molecule has 12 N–H and O–H groups in total. The second kappa shape index (κ2) is 56.7. The molecule has 550 valence electrons. The zero-order chi connectivity index (χ0) is 68.9. The lowest BCUT2D eigenvalue weighted by atomic mass is 9.96. The minimum absolute atomic E-state index is 0.248. The summed E-state index contributed by atoms with van der Waals surface area (Å²) in [6, 6.07) is -0.894. The van der Waals surface area contributed by atoms with Crippen LogP contribution in [-0.2, 0) is 33.2 Å². The summed E-state index contributed by atoms with van der Waals surface area (Å²) in [6.07, 6.45) is 46.5. The largest absolute Gasteiger partial charge is 0.394 e. The number of carbonyl (C=O) groups is 1. The topological polar surface area (TPSA) is 307 Å². The maximum absolute atomic E-state index is 13.5. The molecule has 0 aromatic rings. The lowest BCUT2D eigenvalue weighted by Gasteiger charge is -2.48. The average Bonchev–Trinajstić information content (AvgIpc) is 0.786. The number of aliphatic hydroxyl groups excluding tert-OH is 11. The fourth-order valence-corrected chi connectivity index (χ4v) is 12.2. The monoisotopic (exact) mass is 1350 g/mol. The number of amides is 1. The van der Waals surface area contributed by atoms with Crippen molar-refractivity contribution >= 4 is 5.91 Å². The number of hydrogen-bond acceptors (Lipinski definition) is 18. The van der Waals surface area contributed by atoms with Gasteiger partial charge in [0.1, 0.15) is 73.2 Å². The first-order valence-electron chi connectivity index (χ1n) is 37.3. The summed E-state index contributed by atoms with van der Waals surface area (Å²) in [5, 5.41) is 121. The third-order valence-corrected chi connectivity index (χ3v) is 18.2. The zero-order valence-corrected chi connectivity index (χ0v) is 58.4. The minimum atomic E-state index is -1.98. The molecule has 0 radical (unpaired) electrons. The molecule has 0 aliphatic carbocycles. The van der Waals surface area contributed by atoms with Gasteiger partial charge in [-0.25, -0.2) is 0 Å². The minimum Gasteiger partial charge on any atom is -0.394 e. The molecule has 17 atom stereocenters. The van der Waals surface area contributed by atoms with Crippen molar-refractivity contribution < 1.29 is 89.4 Å². The van der Waals surface area contributed by atoms with Crippen LogP contribution in [0.1, 0.15) is 258 Å². The van der Waals surface area contributed by atoms with E-state index in [4.69, 9.17) is 28.4 Å². The number of nitrogens with one attached hydrogen (secondary N) is 1. The fourth-order valence-electron chi connectivity index (χ4n) is 12.2. The van der Waals surface area contributed by atoms with Gasteiger partial charge in [-0.1, -0.05) is 266 Å². The molecule has 3 fully saturated rings. The third-order valence-electron chi connectivity index (χ3n) is 18.2. The molecule has 17 unspecified atom stereocenters. The predicted molar refractivity (Wildman–Crippen MR) is 374 cm³/mol. The predicted octanol–water partition coefficient (Wildman–Crippen LogP) is 11.1. The van der Waals surface area contributed by atoms with Gasteiger partial charge >= 0.3 is 0 Å². The summed E-state index contributed by atoms with van der Waals surface area (Å²) >= 11 is 0. The first-order chi connectivity index (χ1) is 46.3. The summed E-state index contributed by atoms with van der Waals surface area (Å²) in [7, 11) is 0. The van der Waals surface area contributed by atoms with E-state index in [0.29, 0.717) is 12.8 Å². The lowest BCUT2D eigenvalue weighted by molar-refractivity contribution is -0.379. The molecule has 0 bridgehead atoms. The van der Waals surface area contributed by atoms with Gasteiger partial charge in [0.15, 0.2) is 18.9 Å².